The van der Waals surface area contributed by atoms with E-state index in [1.165, 1.54) is 22.7 Å². The van der Waals surface area contributed by atoms with E-state index in [0.29, 0.717) is 27.6 Å². The predicted molar refractivity (Wildman–Crippen MR) is 214 cm³/mol. The van der Waals surface area contributed by atoms with Gasteiger partial charge in [-0.2, -0.15) is 0 Å². The van der Waals surface area contributed by atoms with E-state index in [4.69, 9.17) is 10.2 Å². The maximum Gasteiger partial charge on any atom is 0.284 e. The molecule has 2 aliphatic heterocycles. The summed E-state index contributed by atoms with van der Waals surface area (Å²) in [4.78, 5) is 41.3. The van der Waals surface area contributed by atoms with E-state index in [1.54, 1.807) is 30.9 Å². The second-order valence-electron chi connectivity index (χ2n) is 12.7. The second kappa shape index (κ2) is 15.5. The molecule has 0 radical (unpaired) electrons. The molecule has 0 atom stereocenters. The summed E-state index contributed by atoms with van der Waals surface area (Å²) in [5, 5.41) is 19.4. The van der Waals surface area contributed by atoms with Crippen LogP contribution in [0.5, 0.6) is 0 Å². The molecule has 8 rings (SSSR count). The van der Waals surface area contributed by atoms with Gasteiger partial charge in [0, 0.05) is 74.4 Å². The molecule has 0 spiro atoms. The van der Waals surface area contributed by atoms with Crippen LogP contribution in [-0.2, 0) is 0 Å². The van der Waals surface area contributed by atoms with Crippen LogP contribution >= 0.6 is 22.7 Å². The third-order valence-electron chi connectivity index (χ3n) is 9.15. The number of nitrogen functional groups attached to an aromatic ring is 1. The minimum atomic E-state index is -0.284. The molecule has 270 valence electrons. The predicted octanol–water partition coefficient (Wildman–Crippen LogP) is 6.18. The molecule has 4 aromatic heterocycles. The maximum atomic E-state index is 13.5. The van der Waals surface area contributed by atoms with Crippen LogP contribution in [0.4, 0.5) is 39.4 Å². The van der Waals surface area contributed by atoms with E-state index >= 15 is 0 Å². The van der Waals surface area contributed by atoms with Crippen LogP contribution in [0.1, 0.15) is 20.2 Å². The van der Waals surface area contributed by atoms with E-state index in [0.717, 1.165) is 96.2 Å². The lowest BCUT2D eigenvalue weighted by atomic mass is 10.1. The smallest absolute Gasteiger partial charge is 0.284 e. The van der Waals surface area contributed by atoms with E-state index < -0.39 is 0 Å². The molecule has 13 nitrogen and oxygen atoms in total. The zero-order valence-electron chi connectivity index (χ0n) is 28.7. The van der Waals surface area contributed by atoms with Crippen LogP contribution < -0.4 is 42.1 Å². The topological polar surface area (TPSA) is 166 Å². The minimum Gasteiger partial charge on any atom is -0.472 e. The molecule has 0 bridgehead atoms. The largest absolute Gasteiger partial charge is 0.472 e. The Balaban J connectivity index is 0.982. The number of nitrogens with two attached hydrogens (primary N) is 1. The molecule has 2 fully saturated rings. The Morgan fingerprint density at radius 2 is 1.49 bits per heavy atom. The van der Waals surface area contributed by atoms with Gasteiger partial charge >= 0.3 is 0 Å². The zero-order valence-corrected chi connectivity index (χ0v) is 30.4. The molecule has 2 saturated heterocycles. The number of furan rings is 1. The zero-order chi connectivity index (χ0) is 36.1. The van der Waals surface area contributed by atoms with Gasteiger partial charge in [-0.15, -0.1) is 22.7 Å². The maximum absolute atomic E-state index is 13.5. The average Bonchev–Trinajstić information content (AvgIpc) is 4.01. The van der Waals surface area contributed by atoms with E-state index in [1.807, 2.05) is 60.0 Å². The van der Waals surface area contributed by atoms with Crippen LogP contribution in [0.25, 0.3) is 21.6 Å². The van der Waals surface area contributed by atoms with Crippen LogP contribution in [0.15, 0.2) is 95.3 Å². The molecule has 2 aromatic carbocycles. The number of hydrogen-bond donors (Lipinski definition) is 6. The number of nitrogens with one attached hydrogen (secondary N) is 5. The third kappa shape index (κ3) is 7.88. The molecule has 7 N–H and O–H groups in total. The van der Waals surface area contributed by atoms with Crippen molar-refractivity contribution in [2.24, 2.45) is 0 Å². The van der Waals surface area contributed by atoms with Crippen molar-refractivity contribution < 1.29 is 14.0 Å². The summed E-state index contributed by atoms with van der Waals surface area (Å²) in [6.07, 6.45) is 4.89. The van der Waals surface area contributed by atoms with Gasteiger partial charge in [0.25, 0.3) is 11.8 Å². The number of pyridine rings is 1. The monoisotopic (exact) mass is 746 g/mol. The highest BCUT2D eigenvalue weighted by Gasteiger charge is 2.20. The van der Waals surface area contributed by atoms with Gasteiger partial charge in [-0.05, 0) is 65.7 Å². The summed E-state index contributed by atoms with van der Waals surface area (Å²) >= 11 is 2.87. The standard InChI is InChI=1S/C38H38N10O3S2/c39-28-4-1-25(20-30(28)44-36(49)26-3-7-33(42-21-26)47-14-10-40-11-15-47)32-6-8-35(53-32)43-29-5-2-24(27-9-18-51-22-27)19-31(29)45-37(50)38-46-34(23-52-38)48-16-12-41-13-17-48/h1-9,18-23,40-41,43H,10-17,39H2,(H,44,49)(H,45,50). The molecular weight excluding hydrogens is 709 g/mol. The van der Waals surface area contributed by atoms with Crippen LogP contribution in [0.2, 0.25) is 0 Å². The average molecular weight is 747 g/mol. The molecular formula is C38H38N10O3S2. The fraction of sp³-hybridized carbons (Fsp3) is 0.211. The summed E-state index contributed by atoms with van der Waals surface area (Å²) in [6, 6.07) is 21.0. The summed E-state index contributed by atoms with van der Waals surface area (Å²) < 4.78 is 5.32. The summed E-state index contributed by atoms with van der Waals surface area (Å²) in [7, 11) is 0. The number of hydrogen-bond acceptors (Lipinski definition) is 13. The molecule has 0 unspecified atom stereocenters. The fourth-order valence-electron chi connectivity index (χ4n) is 6.26. The summed E-state index contributed by atoms with van der Waals surface area (Å²) in [6.45, 7) is 7.06. The number of carbonyl (C=O) groups excluding carboxylic acids is 2. The number of anilines is 7. The highest BCUT2D eigenvalue weighted by Crippen LogP contribution is 2.38. The van der Waals surface area contributed by atoms with Crippen molar-refractivity contribution >= 4 is 73.9 Å². The van der Waals surface area contributed by atoms with Gasteiger partial charge < -0.3 is 46.5 Å². The van der Waals surface area contributed by atoms with Crippen molar-refractivity contribution in [3.05, 3.63) is 101 Å². The molecule has 0 saturated carbocycles. The molecule has 2 aliphatic rings. The number of aromatic nitrogens is 2. The van der Waals surface area contributed by atoms with Crippen LogP contribution in [0.3, 0.4) is 0 Å². The Labute approximate surface area is 314 Å². The number of carbonyl (C=O) groups is 2. The van der Waals surface area contributed by atoms with Crippen LogP contribution in [0, 0.1) is 0 Å². The van der Waals surface area contributed by atoms with Gasteiger partial charge in [-0.25, -0.2) is 9.97 Å². The van der Waals surface area contributed by atoms with Crippen molar-refractivity contribution in [2.75, 3.05) is 83.8 Å². The number of benzene rings is 2. The van der Waals surface area contributed by atoms with Gasteiger partial charge in [0.05, 0.1) is 45.8 Å². The number of piperazine rings is 2. The number of amides is 2. The Hall–Kier alpha value is -5.74. The van der Waals surface area contributed by atoms with E-state index in [2.05, 4.69) is 46.4 Å². The lowest BCUT2D eigenvalue weighted by Gasteiger charge is -2.28. The van der Waals surface area contributed by atoms with E-state index in [-0.39, 0.29) is 11.8 Å². The van der Waals surface area contributed by atoms with Crippen molar-refractivity contribution in [3.63, 3.8) is 0 Å². The summed E-state index contributed by atoms with van der Waals surface area (Å²) in [5.74, 6) is 1.11. The first-order chi connectivity index (χ1) is 26.0. The Morgan fingerprint density at radius 1 is 0.755 bits per heavy atom. The first kappa shape index (κ1) is 34.4. The van der Waals surface area contributed by atoms with Gasteiger partial charge in [-0.3, -0.25) is 9.59 Å². The molecule has 6 heterocycles. The molecule has 53 heavy (non-hydrogen) atoms. The number of nitrogens with zero attached hydrogens (tertiary/aromatic N) is 4. The number of thiophene rings is 1. The summed E-state index contributed by atoms with van der Waals surface area (Å²) in [5.41, 5.74) is 11.8. The lowest BCUT2D eigenvalue weighted by Crippen LogP contribution is -2.43. The Morgan fingerprint density at radius 3 is 2.23 bits per heavy atom. The first-order valence-electron chi connectivity index (χ1n) is 17.4. The van der Waals surface area contributed by atoms with Crippen molar-refractivity contribution in [1.82, 2.24) is 20.6 Å². The van der Waals surface area contributed by atoms with Gasteiger partial charge in [0.2, 0.25) is 0 Å². The number of thiazole rings is 1. The fourth-order valence-corrected chi connectivity index (χ4v) is 7.89. The molecule has 15 heteroatoms. The Bertz CT molecular complexity index is 2210. The SMILES string of the molecule is Nc1ccc(-c2ccc(Nc3ccc(-c4ccoc4)cc3NC(=O)c3nc(N4CCNCC4)cs3)s2)cc1NC(=O)c1ccc(N2CCNCC2)nc1. The second-order valence-corrected chi connectivity index (χ2v) is 14.6. The third-order valence-corrected chi connectivity index (χ3v) is 11.0. The van der Waals surface area contributed by atoms with Gasteiger partial charge in [0.1, 0.15) is 11.6 Å². The lowest BCUT2D eigenvalue weighted by molar-refractivity contribution is 0.101. The highest BCUT2D eigenvalue weighted by atomic mass is 32.1. The quantitative estimate of drug-likeness (QED) is 0.0888. The van der Waals surface area contributed by atoms with Crippen LogP contribution in [-0.4, -0.2) is 74.1 Å². The normalized spacial score (nSPS) is 14.6. The van der Waals surface area contributed by atoms with Crippen molar-refractivity contribution in [2.45, 2.75) is 0 Å². The number of rotatable bonds is 10. The van der Waals surface area contributed by atoms with E-state index in [9.17, 15) is 9.59 Å². The first-order valence-corrected chi connectivity index (χ1v) is 19.1. The van der Waals surface area contributed by atoms with Gasteiger partial charge in [0.15, 0.2) is 5.01 Å². The molecule has 2 amide bonds. The molecule has 0 aliphatic carbocycles. The van der Waals surface area contributed by atoms with Gasteiger partial charge in [-0.1, -0.05) is 12.1 Å². The van der Waals surface area contributed by atoms with Crippen molar-refractivity contribution in [1.29, 1.82) is 0 Å². The Kier molecular flexibility index (Phi) is 10.0. The highest BCUT2D eigenvalue weighted by molar-refractivity contribution is 7.19. The van der Waals surface area contributed by atoms with Crippen molar-refractivity contribution in [3.8, 4) is 21.6 Å². The minimum absolute atomic E-state index is 0.279. The molecule has 6 aromatic rings.